The van der Waals surface area contributed by atoms with E-state index in [1.54, 1.807) is 24.3 Å². The maximum absolute atomic E-state index is 9.40. The summed E-state index contributed by atoms with van der Waals surface area (Å²) < 4.78 is 0. The molecule has 0 unspecified atom stereocenters. The third kappa shape index (κ3) is 5.21. The van der Waals surface area contributed by atoms with Crippen LogP contribution in [0, 0.1) is 12.1 Å². The fraction of sp³-hybridized carbons (Fsp3) is 0. The topological polar surface area (TPSA) is 66.2 Å². The van der Waals surface area contributed by atoms with Crippen molar-refractivity contribution in [1.82, 2.24) is 9.97 Å². The van der Waals surface area contributed by atoms with Gasteiger partial charge in [-0.15, -0.1) is 47.2 Å². The Morgan fingerprint density at radius 2 is 1.07 bits per heavy atom. The van der Waals surface area contributed by atoms with E-state index in [2.05, 4.69) is 22.1 Å². The number of nitrogens with zero attached hydrogens (tertiary/aromatic N) is 2. The van der Waals surface area contributed by atoms with E-state index >= 15 is 0 Å². The maximum Gasteiger partial charge on any atom is 2.00 e. The first kappa shape index (κ1) is 22.6. The number of pyridine rings is 2. The van der Waals surface area contributed by atoms with Gasteiger partial charge in [-0.2, -0.15) is 0 Å². The normalized spacial score (nSPS) is 10.2. The zero-order chi connectivity index (χ0) is 18.8. The monoisotopic (exact) mass is 464 g/mol. The van der Waals surface area contributed by atoms with Crippen LogP contribution in [0.3, 0.4) is 0 Å². The Bertz CT molecular complexity index is 1040. The van der Waals surface area contributed by atoms with Crippen molar-refractivity contribution in [2.24, 2.45) is 0 Å². The van der Waals surface area contributed by atoms with Crippen LogP contribution in [0.4, 0.5) is 0 Å². The van der Waals surface area contributed by atoms with E-state index < -0.39 is 0 Å². The molecule has 132 valence electrons. The molecule has 0 spiro atoms. The number of phenols is 2. The summed E-state index contributed by atoms with van der Waals surface area (Å²) >= 11 is 22.9. The first-order valence-corrected chi connectivity index (χ1v) is 8.59. The first-order valence-electron chi connectivity index (χ1n) is 7.07. The van der Waals surface area contributed by atoms with Crippen molar-refractivity contribution in [3.63, 3.8) is 0 Å². The van der Waals surface area contributed by atoms with Crippen LogP contribution < -0.4 is 0 Å². The number of rotatable bonds is 0. The summed E-state index contributed by atoms with van der Waals surface area (Å²) in [6.45, 7) is 0. The van der Waals surface area contributed by atoms with Gasteiger partial charge in [-0.25, -0.2) is 0 Å². The summed E-state index contributed by atoms with van der Waals surface area (Å²) in [4.78, 5) is 7.85. The largest absolute Gasteiger partial charge is 2.00 e. The summed E-state index contributed by atoms with van der Waals surface area (Å²) in [6.07, 6.45) is 0. The molecule has 0 saturated heterocycles. The molecule has 2 N–H and O–H groups in total. The van der Waals surface area contributed by atoms with Crippen LogP contribution in [0.1, 0.15) is 0 Å². The van der Waals surface area contributed by atoms with Gasteiger partial charge in [-0.05, 0) is 0 Å². The molecular weight excluding hydrogens is 458 g/mol. The van der Waals surface area contributed by atoms with Crippen molar-refractivity contribution < 1.29 is 10.2 Å². The molecule has 0 aliphatic heterocycles. The van der Waals surface area contributed by atoms with Gasteiger partial charge in [0.2, 0.25) is 0 Å². The number of hydrogen-bond donors (Lipinski definition) is 2. The summed E-state index contributed by atoms with van der Waals surface area (Å²) in [5, 5.41) is 21.2. The molecule has 0 amide bonds. The number of fused-ring (bicyclic) bond motifs is 2. The minimum atomic E-state index is 0. The van der Waals surface area contributed by atoms with Gasteiger partial charge in [0.05, 0.1) is 11.5 Å². The molecule has 4 aromatic rings. The Morgan fingerprint density at radius 3 is 1.44 bits per heavy atom. The summed E-state index contributed by atoms with van der Waals surface area (Å²) in [7, 11) is 0. The van der Waals surface area contributed by atoms with E-state index in [-0.39, 0.29) is 59.5 Å². The Labute approximate surface area is 204 Å². The molecule has 0 saturated carbocycles. The third-order valence-electron chi connectivity index (χ3n) is 3.31. The average molecular weight is 466 g/mol. The van der Waals surface area contributed by atoms with E-state index in [9.17, 15) is 10.2 Å². The predicted molar refractivity (Wildman–Crippen MR) is 110 cm³/mol. The molecule has 9 heteroatoms. The van der Waals surface area contributed by atoms with E-state index in [1.165, 1.54) is 12.1 Å². The van der Waals surface area contributed by atoms with E-state index in [0.29, 0.717) is 31.9 Å². The molecule has 2 aromatic carbocycles. The number of aromatic nitrogens is 2. The van der Waals surface area contributed by atoms with Crippen molar-refractivity contribution in [3.8, 4) is 11.5 Å². The summed E-state index contributed by atoms with van der Waals surface area (Å²) in [5.41, 5.74) is 0.828. The molecule has 2 heterocycles. The molecule has 2 aromatic heterocycles. The van der Waals surface area contributed by atoms with Crippen molar-refractivity contribution in [3.05, 3.63) is 68.9 Å². The number of hydrogen-bond acceptors (Lipinski definition) is 4. The molecule has 0 fully saturated rings. The van der Waals surface area contributed by atoms with Gasteiger partial charge in [0.15, 0.2) is 0 Å². The van der Waals surface area contributed by atoms with Crippen molar-refractivity contribution >= 4 is 106 Å². The maximum atomic E-state index is 9.40. The predicted octanol–water partition coefficient (Wildman–Crippen LogP) is 5.71. The number of halogens is 4. The quantitative estimate of drug-likeness (QED) is 0.198. The summed E-state index contributed by atoms with van der Waals surface area (Å²) in [6, 6.07) is 15.2. The van der Waals surface area contributed by atoms with Crippen LogP contribution in [-0.4, -0.2) is 57.9 Å². The van der Waals surface area contributed by atoms with Gasteiger partial charge in [0.25, 0.3) is 0 Å². The van der Waals surface area contributed by atoms with Gasteiger partial charge in [-0.3, -0.25) is 9.97 Å². The molecular formula is C18H8CaCl4N2O2. The van der Waals surface area contributed by atoms with E-state index in [0.717, 1.165) is 0 Å². The SMILES string of the molecule is Oc1cc[c-]c2cc(Cl)c(Cl)nc12.Oc1cc[c-]c2cc(Cl)c(Cl)nc12.[Ca+2]. The van der Waals surface area contributed by atoms with Gasteiger partial charge in [-0.1, -0.05) is 58.5 Å². The second kappa shape index (κ2) is 9.66. The van der Waals surface area contributed by atoms with E-state index in [1.807, 2.05) is 0 Å². The molecule has 4 nitrogen and oxygen atoms in total. The minimum absolute atomic E-state index is 0. The first-order chi connectivity index (χ1) is 12.4. The molecule has 4 rings (SSSR count). The van der Waals surface area contributed by atoms with Crippen molar-refractivity contribution in [2.75, 3.05) is 0 Å². The zero-order valence-electron chi connectivity index (χ0n) is 13.5. The van der Waals surface area contributed by atoms with Gasteiger partial charge < -0.3 is 10.2 Å². The number of benzene rings is 2. The number of aromatic hydroxyl groups is 2. The number of phenolic OH excluding ortho intramolecular Hbond substituents is 2. The fourth-order valence-corrected chi connectivity index (χ4v) is 2.70. The standard InChI is InChI=1S/2C9H4Cl2NO.Ca/c2*10-6-4-5-2-1-3-7(13)8(5)12-9(6)11;/h2*1,3-4,13H;/q2*-1;+2. The van der Waals surface area contributed by atoms with Crippen molar-refractivity contribution in [1.29, 1.82) is 0 Å². The molecule has 27 heavy (non-hydrogen) atoms. The third-order valence-corrected chi connectivity index (χ3v) is 4.66. The Morgan fingerprint density at radius 1 is 0.704 bits per heavy atom. The van der Waals surface area contributed by atoms with Crippen LogP contribution in [0.15, 0.2) is 36.4 Å². The van der Waals surface area contributed by atoms with E-state index in [4.69, 9.17) is 46.4 Å². The molecule has 0 aliphatic rings. The zero-order valence-corrected chi connectivity index (χ0v) is 18.7. The van der Waals surface area contributed by atoms with Gasteiger partial charge >= 0.3 is 37.7 Å². The van der Waals surface area contributed by atoms with Crippen molar-refractivity contribution in [2.45, 2.75) is 0 Å². The molecule has 0 aliphatic carbocycles. The molecule has 0 atom stereocenters. The van der Waals surface area contributed by atoms with Crippen LogP contribution >= 0.6 is 46.4 Å². The fourth-order valence-electron chi connectivity index (χ4n) is 2.12. The molecule has 0 bridgehead atoms. The Hall–Kier alpha value is -0.720. The Kier molecular flexibility index (Phi) is 8.07. The van der Waals surface area contributed by atoms with Crippen LogP contribution in [-0.2, 0) is 0 Å². The van der Waals surface area contributed by atoms with Gasteiger partial charge in [0.1, 0.15) is 10.3 Å². The van der Waals surface area contributed by atoms with Gasteiger partial charge in [0, 0.05) is 21.1 Å². The molecule has 0 radical (unpaired) electrons. The second-order valence-electron chi connectivity index (χ2n) is 5.04. The Balaban J connectivity index is 0.000000187. The van der Waals surface area contributed by atoms with Crippen LogP contribution in [0.2, 0.25) is 20.4 Å². The van der Waals surface area contributed by atoms with Crippen LogP contribution in [0.25, 0.3) is 21.8 Å². The minimum Gasteiger partial charge on any atom is -0.525 e. The van der Waals surface area contributed by atoms with Crippen LogP contribution in [0.5, 0.6) is 11.5 Å². The second-order valence-corrected chi connectivity index (χ2v) is 6.57. The summed E-state index contributed by atoms with van der Waals surface area (Å²) in [5.74, 6) is 0.152. The average Bonchev–Trinajstić information content (AvgIpc) is 2.60. The smallest absolute Gasteiger partial charge is 0.525 e.